The van der Waals surface area contributed by atoms with Gasteiger partial charge >= 0.3 is 0 Å². The third kappa shape index (κ3) is 2.10. The number of hydrogen-bond donors (Lipinski definition) is 0. The highest BCUT2D eigenvalue weighted by molar-refractivity contribution is 9.10. The number of halogens is 2. The summed E-state index contributed by atoms with van der Waals surface area (Å²) in [5.41, 5.74) is 0.229. The van der Waals surface area contributed by atoms with Crippen molar-refractivity contribution in [3.8, 4) is 5.75 Å². The number of hydrogen-bond acceptors (Lipinski definition) is 1. The third-order valence-corrected chi connectivity index (χ3v) is 6.75. The molecule has 4 rings (SSSR count). The predicted molar refractivity (Wildman–Crippen MR) is 91.2 cm³/mol. The van der Waals surface area contributed by atoms with E-state index in [1.54, 1.807) is 0 Å². The second-order valence-corrected chi connectivity index (χ2v) is 7.67. The first-order chi connectivity index (χ1) is 10.2. The van der Waals surface area contributed by atoms with Gasteiger partial charge in [0.05, 0.1) is 4.47 Å². The molecule has 2 aliphatic carbocycles. The molecule has 21 heavy (non-hydrogen) atoms. The van der Waals surface area contributed by atoms with Gasteiger partial charge in [0.25, 0.3) is 0 Å². The second-order valence-electron chi connectivity index (χ2n) is 6.35. The van der Waals surface area contributed by atoms with Crippen molar-refractivity contribution in [2.75, 3.05) is 0 Å². The summed E-state index contributed by atoms with van der Waals surface area (Å²) in [5.74, 6) is 0.952. The van der Waals surface area contributed by atoms with Gasteiger partial charge in [-0.05, 0) is 45.6 Å². The molecule has 0 aliphatic heterocycles. The van der Waals surface area contributed by atoms with E-state index < -0.39 is 0 Å². The fourth-order valence-corrected chi connectivity index (χ4v) is 5.10. The first-order valence-electron chi connectivity index (χ1n) is 7.69. The molecule has 2 aliphatic rings. The number of rotatable bonds is 2. The van der Waals surface area contributed by atoms with Crippen LogP contribution in [0.5, 0.6) is 5.75 Å². The van der Waals surface area contributed by atoms with Crippen molar-refractivity contribution in [1.82, 2.24) is 0 Å². The Bertz CT molecular complexity index is 678. The second kappa shape index (κ2) is 5.17. The van der Waals surface area contributed by atoms with E-state index in [1.807, 2.05) is 0 Å². The Morgan fingerprint density at radius 1 is 1.10 bits per heavy atom. The molecule has 2 aromatic carbocycles. The third-order valence-electron chi connectivity index (χ3n) is 5.32. The van der Waals surface area contributed by atoms with Crippen molar-refractivity contribution in [3.63, 3.8) is 0 Å². The van der Waals surface area contributed by atoms with E-state index in [9.17, 15) is 0 Å². The van der Waals surface area contributed by atoms with E-state index in [-0.39, 0.29) is 11.5 Å². The SMILES string of the molecule is ClC1CC(Oc2ccc3ccccc3c2Br)C12CCCC2. The van der Waals surface area contributed by atoms with Crippen LogP contribution in [0.15, 0.2) is 40.9 Å². The minimum atomic E-state index is 0.229. The summed E-state index contributed by atoms with van der Waals surface area (Å²) in [6.07, 6.45) is 6.28. The number of alkyl halides is 1. The lowest BCUT2D eigenvalue weighted by atomic mass is 9.64. The van der Waals surface area contributed by atoms with Crippen LogP contribution < -0.4 is 4.74 Å². The van der Waals surface area contributed by atoms with E-state index >= 15 is 0 Å². The zero-order valence-corrected chi connectivity index (χ0v) is 14.2. The first-order valence-corrected chi connectivity index (χ1v) is 8.92. The standard InChI is InChI=1S/C18H18BrClO/c19-17-13-6-2-1-5-12(13)7-8-14(17)21-16-11-15(20)18(16)9-3-4-10-18/h1-2,5-8,15-16H,3-4,9-11H2. The fourth-order valence-electron chi connectivity index (χ4n) is 3.99. The number of benzene rings is 2. The normalized spacial score (nSPS) is 27.0. The van der Waals surface area contributed by atoms with Crippen LogP contribution in [0.1, 0.15) is 32.1 Å². The summed E-state index contributed by atoms with van der Waals surface area (Å²) in [5, 5.41) is 2.73. The topological polar surface area (TPSA) is 9.23 Å². The van der Waals surface area contributed by atoms with Gasteiger partial charge in [0.2, 0.25) is 0 Å². The minimum Gasteiger partial charge on any atom is -0.489 e. The zero-order valence-electron chi connectivity index (χ0n) is 11.8. The van der Waals surface area contributed by atoms with Gasteiger partial charge in [0, 0.05) is 17.2 Å². The van der Waals surface area contributed by atoms with Crippen molar-refractivity contribution >= 4 is 38.3 Å². The molecule has 0 aromatic heterocycles. The molecule has 0 amide bonds. The van der Waals surface area contributed by atoms with Crippen LogP contribution in [0.2, 0.25) is 0 Å². The number of fused-ring (bicyclic) bond motifs is 1. The Morgan fingerprint density at radius 2 is 1.86 bits per heavy atom. The van der Waals surface area contributed by atoms with E-state index in [2.05, 4.69) is 52.3 Å². The Kier molecular flexibility index (Phi) is 3.42. The largest absolute Gasteiger partial charge is 0.489 e. The maximum absolute atomic E-state index is 6.52. The molecule has 2 fully saturated rings. The lowest BCUT2D eigenvalue weighted by molar-refractivity contribution is -0.0358. The van der Waals surface area contributed by atoms with Gasteiger partial charge in [-0.2, -0.15) is 0 Å². The van der Waals surface area contributed by atoms with E-state index in [0.29, 0.717) is 5.38 Å². The molecule has 0 bridgehead atoms. The molecule has 0 heterocycles. The number of ether oxygens (including phenoxy) is 1. The molecular formula is C18H18BrClO. The highest BCUT2D eigenvalue weighted by Crippen LogP contribution is 2.57. The molecular weight excluding hydrogens is 348 g/mol. The summed E-state index contributed by atoms with van der Waals surface area (Å²) in [7, 11) is 0. The van der Waals surface area contributed by atoms with Crippen LogP contribution >= 0.6 is 27.5 Å². The van der Waals surface area contributed by atoms with Crippen LogP contribution in [0.25, 0.3) is 10.8 Å². The van der Waals surface area contributed by atoms with Crippen LogP contribution in [0.3, 0.4) is 0 Å². The van der Waals surface area contributed by atoms with Crippen molar-refractivity contribution in [2.45, 2.75) is 43.6 Å². The van der Waals surface area contributed by atoms with E-state index in [1.165, 1.54) is 36.5 Å². The smallest absolute Gasteiger partial charge is 0.134 e. The van der Waals surface area contributed by atoms with Crippen molar-refractivity contribution < 1.29 is 4.74 Å². The van der Waals surface area contributed by atoms with Crippen molar-refractivity contribution in [3.05, 3.63) is 40.9 Å². The Hall–Kier alpha value is -0.730. The highest BCUT2D eigenvalue weighted by atomic mass is 79.9. The lowest BCUT2D eigenvalue weighted by Gasteiger charge is -2.51. The van der Waals surface area contributed by atoms with Gasteiger partial charge in [0.15, 0.2) is 0 Å². The Balaban J connectivity index is 1.64. The molecule has 0 saturated heterocycles. The van der Waals surface area contributed by atoms with Gasteiger partial charge in [-0.15, -0.1) is 11.6 Å². The summed E-state index contributed by atoms with van der Waals surface area (Å²) in [6, 6.07) is 12.6. The first kappa shape index (κ1) is 13.9. The molecule has 110 valence electrons. The van der Waals surface area contributed by atoms with Gasteiger partial charge < -0.3 is 4.74 Å². The van der Waals surface area contributed by atoms with Gasteiger partial charge in [0.1, 0.15) is 11.9 Å². The molecule has 3 heteroatoms. The molecule has 2 unspecified atom stereocenters. The van der Waals surface area contributed by atoms with E-state index in [4.69, 9.17) is 16.3 Å². The van der Waals surface area contributed by atoms with Crippen molar-refractivity contribution in [1.29, 1.82) is 0 Å². The Labute approximate surface area is 138 Å². The van der Waals surface area contributed by atoms with Crippen LogP contribution in [0.4, 0.5) is 0 Å². The van der Waals surface area contributed by atoms with E-state index in [0.717, 1.165) is 16.6 Å². The van der Waals surface area contributed by atoms with Gasteiger partial charge in [-0.25, -0.2) is 0 Å². The maximum Gasteiger partial charge on any atom is 0.134 e. The average Bonchev–Trinajstić information content (AvgIpc) is 3.02. The molecule has 2 aromatic rings. The monoisotopic (exact) mass is 364 g/mol. The average molecular weight is 366 g/mol. The molecule has 1 nitrogen and oxygen atoms in total. The summed E-state index contributed by atoms with van der Waals surface area (Å²) < 4.78 is 7.43. The fraction of sp³-hybridized carbons (Fsp3) is 0.444. The summed E-state index contributed by atoms with van der Waals surface area (Å²) >= 11 is 10.2. The van der Waals surface area contributed by atoms with Gasteiger partial charge in [-0.3, -0.25) is 0 Å². The van der Waals surface area contributed by atoms with Crippen molar-refractivity contribution in [2.24, 2.45) is 5.41 Å². The quantitative estimate of drug-likeness (QED) is 0.600. The van der Waals surface area contributed by atoms with Crippen LogP contribution in [-0.4, -0.2) is 11.5 Å². The minimum absolute atomic E-state index is 0.229. The highest BCUT2D eigenvalue weighted by Gasteiger charge is 2.57. The summed E-state index contributed by atoms with van der Waals surface area (Å²) in [4.78, 5) is 0. The van der Waals surface area contributed by atoms with Crippen LogP contribution in [-0.2, 0) is 0 Å². The molecule has 0 radical (unpaired) electrons. The zero-order chi connectivity index (χ0) is 14.4. The summed E-state index contributed by atoms with van der Waals surface area (Å²) in [6.45, 7) is 0. The molecule has 1 spiro atoms. The Morgan fingerprint density at radius 3 is 2.62 bits per heavy atom. The lowest BCUT2D eigenvalue weighted by Crippen LogP contribution is -2.55. The molecule has 0 N–H and O–H groups in total. The maximum atomic E-state index is 6.52. The molecule has 2 atom stereocenters. The van der Waals surface area contributed by atoms with Gasteiger partial charge in [-0.1, -0.05) is 43.2 Å². The predicted octanol–water partition coefficient (Wildman–Crippen LogP) is 5.92. The molecule has 2 saturated carbocycles. The van der Waals surface area contributed by atoms with Crippen LogP contribution in [0, 0.1) is 5.41 Å².